The fourth-order valence-electron chi connectivity index (χ4n) is 2.03. The van der Waals surface area contributed by atoms with Crippen LogP contribution in [0.25, 0.3) is 0 Å². The molecule has 3 heterocycles. The summed E-state index contributed by atoms with van der Waals surface area (Å²) in [7, 11) is 0. The third-order valence-corrected chi connectivity index (χ3v) is 2.83. The first kappa shape index (κ1) is 9.61. The second-order valence-corrected chi connectivity index (χ2v) is 3.81. The summed E-state index contributed by atoms with van der Waals surface area (Å²) in [4.78, 5) is 17.4. The minimum atomic E-state index is -0.792. The lowest BCUT2D eigenvalue weighted by molar-refractivity contribution is -0.128. The number of carbonyl (C=O) groups is 1. The summed E-state index contributed by atoms with van der Waals surface area (Å²) >= 11 is 0. The van der Waals surface area contributed by atoms with E-state index in [-0.39, 0.29) is 12.4 Å². The number of aliphatic hydroxyl groups is 1. The predicted octanol–water partition coefficient (Wildman–Crippen LogP) is -1.86. The molecule has 16 heavy (non-hydrogen) atoms. The lowest BCUT2D eigenvalue weighted by Gasteiger charge is -2.23. The Hall–Kier alpha value is -1.60. The molecule has 3 aliphatic heterocycles. The zero-order valence-corrected chi connectivity index (χ0v) is 8.37. The van der Waals surface area contributed by atoms with Crippen LogP contribution in [-0.2, 0) is 14.3 Å². The third-order valence-electron chi connectivity index (χ3n) is 2.83. The van der Waals surface area contributed by atoms with Crippen LogP contribution in [-0.4, -0.2) is 53.4 Å². The molecule has 1 unspecified atom stereocenters. The average molecular weight is 225 g/mol. The zero-order valence-electron chi connectivity index (χ0n) is 8.37. The van der Waals surface area contributed by atoms with Gasteiger partial charge in [-0.1, -0.05) is 0 Å². The highest BCUT2D eigenvalue weighted by atomic mass is 16.6. The number of ether oxygens (including phenoxy) is 2. The Morgan fingerprint density at radius 1 is 1.69 bits per heavy atom. The Morgan fingerprint density at radius 2 is 2.50 bits per heavy atom. The second kappa shape index (κ2) is 3.19. The van der Waals surface area contributed by atoms with Crippen molar-refractivity contribution in [1.82, 2.24) is 4.90 Å². The van der Waals surface area contributed by atoms with Crippen molar-refractivity contribution in [1.29, 1.82) is 0 Å². The van der Waals surface area contributed by atoms with E-state index >= 15 is 0 Å². The van der Waals surface area contributed by atoms with Crippen molar-refractivity contribution in [3.63, 3.8) is 0 Å². The van der Waals surface area contributed by atoms with Crippen LogP contribution in [0.1, 0.15) is 0 Å². The number of nitrogens with zero attached hydrogens (tertiary/aromatic N) is 2. The summed E-state index contributed by atoms with van der Waals surface area (Å²) in [5, 5.41) is 8.95. The summed E-state index contributed by atoms with van der Waals surface area (Å²) in [6.45, 7) is 0.171. The van der Waals surface area contributed by atoms with Crippen LogP contribution < -0.4 is 5.73 Å². The van der Waals surface area contributed by atoms with Gasteiger partial charge in [-0.25, -0.2) is 0 Å². The van der Waals surface area contributed by atoms with Gasteiger partial charge in [-0.15, -0.1) is 0 Å². The molecule has 2 saturated heterocycles. The van der Waals surface area contributed by atoms with Gasteiger partial charge in [-0.3, -0.25) is 9.69 Å². The van der Waals surface area contributed by atoms with E-state index in [0.717, 1.165) is 0 Å². The number of aliphatic hydroxyl groups excluding tert-OH is 1. The van der Waals surface area contributed by atoms with Crippen molar-refractivity contribution in [2.45, 2.75) is 18.4 Å². The SMILES string of the molecule is NC1=CCN2C(=N1)OC1C(=O)[C@@H](CO)O[C@H]12. The smallest absolute Gasteiger partial charge is 0.297 e. The minimum absolute atomic E-state index is 0.247. The third kappa shape index (κ3) is 1.15. The van der Waals surface area contributed by atoms with Crippen LogP contribution in [0.2, 0.25) is 0 Å². The Balaban J connectivity index is 1.87. The largest absolute Gasteiger partial charge is 0.448 e. The molecule has 0 amide bonds. The van der Waals surface area contributed by atoms with E-state index in [4.69, 9.17) is 20.3 Å². The number of rotatable bonds is 1. The highest BCUT2D eigenvalue weighted by molar-refractivity contribution is 5.95. The molecule has 3 rings (SSSR count). The number of fused-ring (bicyclic) bond motifs is 3. The molecule has 7 nitrogen and oxygen atoms in total. The predicted molar refractivity (Wildman–Crippen MR) is 52.0 cm³/mol. The Morgan fingerprint density at radius 3 is 3.25 bits per heavy atom. The van der Waals surface area contributed by atoms with Gasteiger partial charge in [0.05, 0.1) is 6.61 Å². The van der Waals surface area contributed by atoms with Gasteiger partial charge in [0.1, 0.15) is 11.9 Å². The molecule has 0 aromatic carbocycles. The Labute approximate surface area is 91.1 Å². The lowest BCUT2D eigenvalue weighted by Crippen LogP contribution is -2.38. The molecule has 0 aromatic heterocycles. The molecular formula is C9H11N3O4. The molecule has 0 saturated carbocycles. The van der Waals surface area contributed by atoms with E-state index in [1.807, 2.05) is 0 Å². The quantitative estimate of drug-likeness (QED) is 0.543. The van der Waals surface area contributed by atoms with Crippen molar-refractivity contribution in [2.75, 3.05) is 13.2 Å². The van der Waals surface area contributed by atoms with Gasteiger partial charge < -0.3 is 20.3 Å². The van der Waals surface area contributed by atoms with Gasteiger partial charge in [0.15, 0.2) is 6.23 Å². The normalized spacial score (nSPS) is 36.4. The van der Waals surface area contributed by atoms with E-state index in [9.17, 15) is 4.79 Å². The summed E-state index contributed by atoms with van der Waals surface area (Å²) < 4.78 is 10.8. The average Bonchev–Trinajstić information content (AvgIpc) is 2.75. The van der Waals surface area contributed by atoms with Crippen LogP contribution in [0, 0.1) is 0 Å². The highest BCUT2D eigenvalue weighted by Crippen LogP contribution is 2.31. The first-order valence-corrected chi connectivity index (χ1v) is 4.98. The van der Waals surface area contributed by atoms with Crippen LogP contribution in [0.3, 0.4) is 0 Å². The topological polar surface area (TPSA) is 97.4 Å². The van der Waals surface area contributed by atoms with Crippen molar-refractivity contribution in [3.8, 4) is 0 Å². The van der Waals surface area contributed by atoms with Gasteiger partial charge >= 0.3 is 0 Å². The van der Waals surface area contributed by atoms with E-state index < -0.39 is 18.4 Å². The number of amidine groups is 1. The van der Waals surface area contributed by atoms with Crippen molar-refractivity contribution >= 4 is 11.8 Å². The van der Waals surface area contributed by atoms with Gasteiger partial charge in [0, 0.05) is 6.54 Å². The van der Waals surface area contributed by atoms with Gasteiger partial charge in [0.2, 0.25) is 11.9 Å². The maximum absolute atomic E-state index is 11.7. The number of Topliss-reactive ketones (excluding diaryl/α,β-unsaturated/α-hetero) is 1. The maximum atomic E-state index is 11.7. The first-order valence-electron chi connectivity index (χ1n) is 4.98. The van der Waals surface area contributed by atoms with Gasteiger partial charge in [-0.05, 0) is 6.08 Å². The number of nitrogens with two attached hydrogens (primary N) is 1. The van der Waals surface area contributed by atoms with E-state index in [2.05, 4.69) is 4.99 Å². The molecule has 0 spiro atoms. The lowest BCUT2D eigenvalue weighted by atomic mass is 10.2. The number of ketones is 1. The van der Waals surface area contributed by atoms with E-state index in [0.29, 0.717) is 18.4 Å². The molecule has 0 aromatic rings. The molecule has 7 heteroatoms. The minimum Gasteiger partial charge on any atom is -0.448 e. The summed E-state index contributed by atoms with van der Waals surface area (Å²) in [6.07, 6.45) is -0.266. The fourth-order valence-corrected chi connectivity index (χ4v) is 2.03. The van der Waals surface area contributed by atoms with E-state index in [1.165, 1.54) is 0 Å². The fraction of sp³-hybridized carbons (Fsp3) is 0.556. The zero-order chi connectivity index (χ0) is 11.3. The molecule has 86 valence electrons. The monoisotopic (exact) mass is 225 g/mol. The summed E-state index contributed by atoms with van der Waals surface area (Å²) in [5.41, 5.74) is 5.53. The molecule has 0 aliphatic carbocycles. The van der Waals surface area contributed by atoms with Crippen LogP contribution in [0.15, 0.2) is 16.9 Å². The molecule has 2 fully saturated rings. The molecule has 3 N–H and O–H groups in total. The first-order chi connectivity index (χ1) is 7.70. The van der Waals surface area contributed by atoms with Crippen LogP contribution in [0.4, 0.5) is 0 Å². The summed E-state index contributed by atoms with van der Waals surface area (Å²) in [5.74, 6) is 0.126. The van der Waals surface area contributed by atoms with Crippen molar-refractivity contribution in [2.24, 2.45) is 10.7 Å². The Bertz CT molecular complexity index is 406. The highest BCUT2D eigenvalue weighted by Gasteiger charge is 2.54. The molecule has 0 bridgehead atoms. The molecular weight excluding hydrogens is 214 g/mol. The molecule has 0 radical (unpaired) electrons. The molecule has 3 aliphatic rings. The van der Waals surface area contributed by atoms with Crippen LogP contribution in [0.5, 0.6) is 0 Å². The van der Waals surface area contributed by atoms with Crippen molar-refractivity contribution in [3.05, 3.63) is 11.9 Å². The number of carbonyl (C=O) groups excluding carboxylic acids is 1. The molecule has 3 atom stereocenters. The van der Waals surface area contributed by atoms with Gasteiger partial charge in [-0.2, -0.15) is 4.99 Å². The van der Waals surface area contributed by atoms with E-state index in [1.54, 1.807) is 11.0 Å². The number of aliphatic imine (C=N–C) groups is 1. The van der Waals surface area contributed by atoms with Crippen LogP contribution >= 0.6 is 0 Å². The maximum Gasteiger partial charge on any atom is 0.297 e. The van der Waals surface area contributed by atoms with Crippen molar-refractivity contribution < 1.29 is 19.4 Å². The number of hydrogen-bond donors (Lipinski definition) is 2. The summed E-state index contributed by atoms with van der Waals surface area (Å²) in [6, 6.07) is 0.319. The Kier molecular flexibility index (Phi) is 1.92. The van der Waals surface area contributed by atoms with Gasteiger partial charge in [0.25, 0.3) is 6.02 Å². The number of hydrogen-bond acceptors (Lipinski definition) is 7. The second-order valence-electron chi connectivity index (χ2n) is 3.81. The standard InChI is InChI=1S/C9H11N3O4/c10-5-1-2-12-8-7(16-9(12)11-5)6(14)4(3-13)15-8/h1,4,7-8,13H,2-3,10H2/t4-,7?,8-/m1/s1.